The summed E-state index contributed by atoms with van der Waals surface area (Å²) in [7, 11) is 3.85. The van der Waals surface area contributed by atoms with Gasteiger partial charge in [0.2, 0.25) is 0 Å². The van der Waals surface area contributed by atoms with Crippen molar-refractivity contribution in [3.63, 3.8) is 0 Å². The van der Waals surface area contributed by atoms with Crippen LogP contribution in [0.2, 0.25) is 0 Å². The predicted octanol–water partition coefficient (Wildman–Crippen LogP) is 3.58. The molecule has 4 nitrogen and oxygen atoms in total. The summed E-state index contributed by atoms with van der Waals surface area (Å²) >= 11 is 1.68. The van der Waals surface area contributed by atoms with E-state index in [1.54, 1.807) is 22.9 Å². The Kier molecular flexibility index (Phi) is 6.07. The summed E-state index contributed by atoms with van der Waals surface area (Å²) in [5.74, 6) is 0.905. The Morgan fingerprint density at radius 2 is 2.23 bits per heavy atom. The maximum Gasteiger partial charge on any atom is 0.253 e. The van der Waals surface area contributed by atoms with E-state index in [2.05, 4.69) is 18.0 Å². The van der Waals surface area contributed by atoms with Crippen molar-refractivity contribution >= 4 is 17.7 Å². The van der Waals surface area contributed by atoms with Gasteiger partial charge in [-0.25, -0.2) is 4.98 Å². The highest BCUT2D eigenvalue weighted by molar-refractivity contribution is 7.98. The molecule has 0 aliphatic heterocycles. The molecule has 1 aromatic carbocycles. The van der Waals surface area contributed by atoms with Crippen molar-refractivity contribution in [1.82, 2.24) is 14.5 Å². The first-order valence-electron chi connectivity index (χ1n) is 7.56. The topological polar surface area (TPSA) is 38.1 Å². The SMILES string of the molecule is CCCCN(C)C(=O)c1cccc(CSc2nccn2C)c1. The Morgan fingerprint density at radius 3 is 2.91 bits per heavy atom. The molecule has 0 saturated carbocycles. The summed E-state index contributed by atoms with van der Waals surface area (Å²) in [6.07, 6.45) is 5.87. The molecule has 0 aliphatic carbocycles. The molecule has 1 aromatic heterocycles. The van der Waals surface area contributed by atoms with Gasteiger partial charge in [0.05, 0.1) is 0 Å². The van der Waals surface area contributed by atoms with Crippen molar-refractivity contribution in [2.24, 2.45) is 7.05 Å². The predicted molar refractivity (Wildman–Crippen MR) is 91.1 cm³/mol. The first kappa shape index (κ1) is 16.6. The standard InChI is InChI=1S/C17H23N3OS/c1-4-5-10-19(2)16(21)15-8-6-7-14(12-15)13-22-17-18-9-11-20(17)3/h6-9,11-12H,4-5,10,13H2,1-3H3. The van der Waals surface area contributed by atoms with Crippen LogP contribution in [0.5, 0.6) is 0 Å². The van der Waals surface area contributed by atoms with Crippen LogP contribution in [0.15, 0.2) is 41.8 Å². The average molecular weight is 317 g/mol. The third-order valence-corrected chi connectivity index (χ3v) is 4.64. The number of thioether (sulfide) groups is 1. The number of hydrogen-bond donors (Lipinski definition) is 0. The van der Waals surface area contributed by atoms with Gasteiger partial charge >= 0.3 is 0 Å². The molecule has 0 atom stereocenters. The largest absolute Gasteiger partial charge is 0.342 e. The number of benzene rings is 1. The number of imidazole rings is 1. The third kappa shape index (κ3) is 4.37. The van der Waals surface area contributed by atoms with E-state index in [0.29, 0.717) is 0 Å². The third-order valence-electron chi connectivity index (χ3n) is 3.51. The number of hydrogen-bond acceptors (Lipinski definition) is 3. The monoisotopic (exact) mass is 317 g/mol. The second kappa shape index (κ2) is 8.03. The number of amides is 1. The number of carbonyl (C=O) groups excluding carboxylic acids is 1. The number of unbranched alkanes of at least 4 members (excludes halogenated alkanes) is 1. The number of carbonyl (C=O) groups is 1. The first-order chi connectivity index (χ1) is 10.6. The molecule has 2 aromatic rings. The quantitative estimate of drug-likeness (QED) is 0.733. The molecule has 1 heterocycles. The van der Waals surface area contributed by atoms with Gasteiger partial charge < -0.3 is 9.47 Å². The molecule has 118 valence electrons. The normalized spacial score (nSPS) is 10.7. The zero-order valence-electron chi connectivity index (χ0n) is 13.5. The smallest absolute Gasteiger partial charge is 0.253 e. The minimum atomic E-state index is 0.0947. The molecule has 22 heavy (non-hydrogen) atoms. The van der Waals surface area contributed by atoms with Crippen LogP contribution in [0.1, 0.15) is 35.7 Å². The minimum absolute atomic E-state index is 0.0947. The fourth-order valence-electron chi connectivity index (χ4n) is 2.15. The van der Waals surface area contributed by atoms with Gasteiger partial charge in [0, 0.05) is 44.4 Å². The lowest BCUT2D eigenvalue weighted by Crippen LogP contribution is -2.27. The van der Waals surface area contributed by atoms with E-state index in [4.69, 9.17) is 0 Å². The van der Waals surface area contributed by atoms with Crippen molar-refractivity contribution in [2.75, 3.05) is 13.6 Å². The first-order valence-corrected chi connectivity index (χ1v) is 8.55. The second-order valence-corrected chi connectivity index (χ2v) is 6.33. The molecule has 0 radical (unpaired) electrons. The molecular weight excluding hydrogens is 294 g/mol. The molecule has 2 rings (SSSR count). The second-order valence-electron chi connectivity index (χ2n) is 5.39. The van der Waals surface area contributed by atoms with Gasteiger partial charge in [-0.1, -0.05) is 37.2 Å². The Labute approximate surface area is 136 Å². The lowest BCUT2D eigenvalue weighted by atomic mass is 10.1. The zero-order valence-corrected chi connectivity index (χ0v) is 14.3. The van der Waals surface area contributed by atoms with Gasteiger partial charge in [-0.3, -0.25) is 4.79 Å². The maximum atomic E-state index is 12.4. The van der Waals surface area contributed by atoms with E-state index in [-0.39, 0.29) is 5.91 Å². The highest BCUT2D eigenvalue weighted by Gasteiger charge is 2.11. The number of aryl methyl sites for hydroxylation is 1. The van der Waals surface area contributed by atoms with Crippen LogP contribution in [0.25, 0.3) is 0 Å². The molecule has 1 amide bonds. The molecule has 0 bridgehead atoms. The van der Waals surface area contributed by atoms with Gasteiger partial charge in [0.25, 0.3) is 5.91 Å². The molecule has 5 heteroatoms. The molecule has 0 fully saturated rings. The van der Waals surface area contributed by atoms with Gasteiger partial charge in [-0.15, -0.1) is 0 Å². The average Bonchev–Trinajstić information content (AvgIpc) is 2.95. The maximum absolute atomic E-state index is 12.4. The van der Waals surface area contributed by atoms with Crippen LogP contribution < -0.4 is 0 Å². The number of rotatable bonds is 7. The van der Waals surface area contributed by atoms with E-state index in [1.165, 1.54) is 0 Å². The van der Waals surface area contributed by atoms with Crippen LogP contribution in [0.3, 0.4) is 0 Å². The van der Waals surface area contributed by atoms with Crippen LogP contribution in [0.4, 0.5) is 0 Å². The fraction of sp³-hybridized carbons (Fsp3) is 0.412. The summed E-state index contributed by atoms with van der Waals surface area (Å²) in [4.78, 5) is 18.5. The van der Waals surface area contributed by atoms with E-state index in [9.17, 15) is 4.79 Å². The lowest BCUT2D eigenvalue weighted by molar-refractivity contribution is 0.0793. The summed E-state index contributed by atoms with van der Waals surface area (Å²) in [5.41, 5.74) is 1.90. The van der Waals surface area contributed by atoms with Crippen LogP contribution in [-0.4, -0.2) is 34.0 Å². The van der Waals surface area contributed by atoms with Gasteiger partial charge in [0.15, 0.2) is 5.16 Å². The number of aromatic nitrogens is 2. The van der Waals surface area contributed by atoms with Gasteiger partial charge in [-0.2, -0.15) is 0 Å². The zero-order chi connectivity index (χ0) is 15.9. The summed E-state index contributed by atoms with van der Waals surface area (Å²) in [6, 6.07) is 7.88. The summed E-state index contributed by atoms with van der Waals surface area (Å²) < 4.78 is 2.00. The van der Waals surface area contributed by atoms with Crippen molar-refractivity contribution in [1.29, 1.82) is 0 Å². The Morgan fingerprint density at radius 1 is 1.41 bits per heavy atom. The van der Waals surface area contributed by atoms with E-state index < -0.39 is 0 Å². The molecule has 0 unspecified atom stereocenters. The molecule has 0 N–H and O–H groups in total. The van der Waals surface area contributed by atoms with Crippen LogP contribution in [-0.2, 0) is 12.8 Å². The van der Waals surface area contributed by atoms with E-state index >= 15 is 0 Å². The van der Waals surface area contributed by atoms with Crippen molar-refractivity contribution in [3.8, 4) is 0 Å². The van der Waals surface area contributed by atoms with Crippen molar-refractivity contribution < 1.29 is 4.79 Å². The fourth-order valence-corrected chi connectivity index (χ4v) is 3.03. The highest BCUT2D eigenvalue weighted by atomic mass is 32.2. The van der Waals surface area contributed by atoms with Crippen molar-refractivity contribution in [3.05, 3.63) is 47.8 Å². The van der Waals surface area contributed by atoms with Gasteiger partial charge in [-0.05, 0) is 24.1 Å². The van der Waals surface area contributed by atoms with Crippen LogP contribution in [0, 0.1) is 0 Å². The van der Waals surface area contributed by atoms with Gasteiger partial charge in [0.1, 0.15) is 0 Å². The Hall–Kier alpha value is -1.75. The highest BCUT2D eigenvalue weighted by Crippen LogP contribution is 2.21. The van der Waals surface area contributed by atoms with E-state index in [1.807, 2.05) is 43.1 Å². The minimum Gasteiger partial charge on any atom is -0.342 e. The molecule has 0 saturated heterocycles. The van der Waals surface area contributed by atoms with E-state index in [0.717, 1.165) is 41.4 Å². The molecule has 0 spiro atoms. The molecular formula is C17H23N3OS. The number of nitrogens with zero attached hydrogens (tertiary/aromatic N) is 3. The summed E-state index contributed by atoms with van der Waals surface area (Å²) in [5, 5.41) is 0.983. The van der Waals surface area contributed by atoms with Crippen molar-refractivity contribution in [2.45, 2.75) is 30.7 Å². The summed E-state index contributed by atoms with van der Waals surface area (Å²) in [6.45, 7) is 2.94. The Bertz CT molecular complexity index is 624. The molecule has 0 aliphatic rings. The Balaban J connectivity index is 2.00. The van der Waals surface area contributed by atoms with Crippen LogP contribution >= 0.6 is 11.8 Å². The lowest BCUT2D eigenvalue weighted by Gasteiger charge is -2.17.